The molecule has 1 saturated carbocycles. The van der Waals surface area contributed by atoms with E-state index in [1.807, 2.05) is 19.1 Å². The van der Waals surface area contributed by atoms with Crippen LogP contribution < -0.4 is 11.1 Å². The van der Waals surface area contributed by atoms with Crippen LogP contribution in [0.1, 0.15) is 60.5 Å². The molecule has 2 atom stereocenters. The summed E-state index contributed by atoms with van der Waals surface area (Å²) < 4.78 is 0. The minimum atomic E-state index is 0.0408. The highest BCUT2D eigenvalue weighted by atomic mass is 16.1. The van der Waals surface area contributed by atoms with Crippen LogP contribution in [-0.2, 0) is 0 Å². The van der Waals surface area contributed by atoms with Gasteiger partial charge in [0, 0.05) is 17.6 Å². The van der Waals surface area contributed by atoms with E-state index in [1.54, 1.807) is 0 Å². The summed E-state index contributed by atoms with van der Waals surface area (Å²) in [6.07, 6.45) is 2.90. The van der Waals surface area contributed by atoms with Crippen LogP contribution in [0, 0.1) is 6.92 Å². The predicted octanol–water partition coefficient (Wildman–Crippen LogP) is 2.73. The molecule has 3 nitrogen and oxygen atoms in total. The topological polar surface area (TPSA) is 55.1 Å². The van der Waals surface area contributed by atoms with E-state index in [0.29, 0.717) is 5.92 Å². The van der Waals surface area contributed by atoms with Crippen LogP contribution in [0.2, 0.25) is 0 Å². The molecule has 0 heterocycles. The number of carbonyl (C=O) groups excluding carboxylic acids is 1. The predicted molar refractivity (Wildman–Crippen MR) is 78.3 cm³/mol. The Morgan fingerprint density at radius 1 is 1.37 bits per heavy atom. The molecule has 1 aromatic rings. The minimum absolute atomic E-state index is 0.0408. The fourth-order valence-corrected chi connectivity index (χ4v) is 2.65. The van der Waals surface area contributed by atoms with Gasteiger partial charge < -0.3 is 11.1 Å². The van der Waals surface area contributed by atoms with E-state index >= 15 is 0 Å². The summed E-state index contributed by atoms with van der Waals surface area (Å²) in [5.74, 6) is 0.478. The summed E-state index contributed by atoms with van der Waals surface area (Å²) in [6.45, 7) is 6.27. The Bertz CT molecular complexity index is 468. The zero-order valence-corrected chi connectivity index (χ0v) is 12.1. The first-order valence-electron chi connectivity index (χ1n) is 7.14. The molecule has 0 spiro atoms. The van der Waals surface area contributed by atoms with Crippen molar-refractivity contribution in [2.75, 3.05) is 0 Å². The van der Waals surface area contributed by atoms with E-state index in [4.69, 9.17) is 5.73 Å². The molecule has 1 aromatic carbocycles. The molecule has 1 amide bonds. The van der Waals surface area contributed by atoms with Gasteiger partial charge in [-0.15, -0.1) is 0 Å². The van der Waals surface area contributed by atoms with Crippen LogP contribution in [0.4, 0.5) is 0 Å². The first kappa shape index (κ1) is 14.1. The number of carbonyl (C=O) groups is 1. The Labute approximate surface area is 115 Å². The Balaban J connectivity index is 2.12. The van der Waals surface area contributed by atoms with Crippen molar-refractivity contribution in [2.24, 2.45) is 5.73 Å². The summed E-state index contributed by atoms with van der Waals surface area (Å²) in [6, 6.07) is 6.63. The maximum absolute atomic E-state index is 12.4. The van der Waals surface area contributed by atoms with Crippen LogP contribution in [0.25, 0.3) is 0 Å². The molecule has 1 aliphatic rings. The molecule has 1 aliphatic carbocycles. The average Bonchev–Trinajstić information content (AvgIpc) is 2.74. The SMILES string of the molecule is Cc1ccc(C(C)C)cc1C(=O)NC1CCC(N)C1. The number of benzene rings is 1. The molecule has 0 aromatic heterocycles. The van der Waals surface area contributed by atoms with Crippen molar-refractivity contribution in [1.29, 1.82) is 0 Å². The molecule has 3 heteroatoms. The van der Waals surface area contributed by atoms with Gasteiger partial charge in [0.1, 0.15) is 0 Å². The minimum Gasteiger partial charge on any atom is -0.349 e. The van der Waals surface area contributed by atoms with Gasteiger partial charge in [-0.1, -0.05) is 26.0 Å². The second kappa shape index (κ2) is 5.74. The van der Waals surface area contributed by atoms with E-state index < -0.39 is 0 Å². The quantitative estimate of drug-likeness (QED) is 0.878. The van der Waals surface area contributed by atoms with Crippen molar-refractivity contribution in [3.63, 3.8) is 0 Å². The highest BCUT2D eigenvalue weighted by molar-refractivity contribution is 5.96. The molecule has 0 saturated heterocycles. The molecule has 2 unspecified atom stereocenters. The summed E-state index contributed by atoms with van der Waals surface area (Å²) in [5, 5.41) is 3.11. The van der Waals surface area contributed by atoms with Gasteiger partial charge in [0.25, 0.3) is 5.91 Å². The third kappa shape index (κ3) is 3.35. The van der Waals surface area contributed by atoms with Gasteiger partial charge in [-0.2, -0.15) is 0 Å². The Kier molecular flexibility index (Phi) is 4.25. The standard InChI is InChI=1S/C16H24N2O/c1-10(2)12-5-4-11(3)15(8-12)16(19)18-14-7-6-13(17)9-14/h4-5,8,10,13-14H,6-7,9,17H2,1-3H3,(H,18,19). The van der Waals surface area contributed by atoms with Crippen molar-refractivity contribution in [2.45, 2.75) is 58.0 Å². The second-order valence-electron chi connectivity index (χ2n) is 5.97. The largest absolute Gasteiger partial charge is 0.349 e. The van der Waals surface area contributed by atoms with Crippen molar-refractivity contribution >= 4 is 5.91 Å². The van der Waals surface area contributed by atoms with Gasteiger partial charge in [0.05, 0.1) is 0 Å². The third-order valence-electron chi connectivity index (χ3n) is 3.98. The maximum Gasteiger partial charge on any atom is 0.251 e. The van der Waals surface area contributed by atoms with Crippen molar-refractivity contribution < 1.29 is 4.79 Å². The van der Waals surface area contributed by atoms with E-state index in [1.165, 1.54) is 5.56 Å². The molecular formula is C16H24N2O. The van der Waals surface area contributed by atoms with Gasteiger partial charge >= 0.3 is 0 Å². The van der Waals surface area contributed by atoms with E-state index in [2.05, 4.69) is 25.2 Å². The van der Waals surface area contributed by atoms with Crippen molar-refractivity contribution in [1.82, 2.24) is 5.32 Å². The molecule has 19 heavy (non-hydrogen) atoms. The molecule has 3 N–H and O–H groups in total. The Morgan fingerprint density at radius 2 is 2.11 bits per heavy atom. The summed E-state index contributed by atoms with van der Waals surface area (Å²) >= 11 is 0. The van der Waals surface area contributed by atoms with E-state index in [9.17, 15) is 4.79 Å². The normalized spacial score (nSPS) is 22.8. The highest BCUT2D eigenvalue weighted by Gasteiger charge is 2.24. The van der Waals surface area contributed by atoms with Gasteiger partial charge in [0.15, 0.2) is 0 Å². The summed E-state index contributed by atoms with van der Waals surface area (Å²) in [4.78, 5) is 12.4. The lowest BCUT2D eigenvalue weighted by Crippen LogP contribution is -2.34. The van der Waals surface area contributed by atoms with Crippen molar-refractivity contribution in [3.05, 3.63) is 34.9 Å². The second-order valence-corrected chi connectivity index (χ2v) is 5.97. The van der Waals surface area contributed by atoms with E-state index in [0.717, 1.165) is 30.4 Å². The number of aryl methyl sites for hydroxylation is 1. The highest BCUT2D eigenvalue weighted by Crippen LogP contribution is 2.21. The van der Waals surface area contributed by atoms with Gasteiger partial charge in [-0.25, -0.2) is 0 Å². The summed E-state index contributed by atoms with van der Waals surface area (Å²) in [7, 11) is 0. The lowest BCUT2D eigenvalue weighted by molar-refractivity contribution is 0.0937. The van der Waals surface area contributed by atoms with Crippen LogP contribution >= 0.6 is 0 Å². The lowest BCUT2D eigenvalue weighted by atomic mass is 9.97. The zero-order valence-electron chi connectivity index (χ0n) is 12.1. The van der Waals surface area contributed by atoms with Gasteiger partial charge in [0.2, 0.25) is 0 Å². The molecular weight excluding hydrogens is 236 g/mol. The molecule has 2 rings (SSSR count). The van der Waals surface area contributed by atoms with Crippen molar-refractivity contribution in [3.8, 4) is 0 Å². The fourth-order valence-electron chi connectivity index (χ4n) is 2.65. The number of hydrogen-bond donors (Lipinski definition) is 2. The maximum atomic E-state index is 12.4. The van der Waals surface area contributed by atoms with E-state index in [-0.39, 0.29) is 18.0 Å². The molecule has 0 radical (unpaired) electrons. The Morgan fingerprint density at radius 3 is 2.68 bits per heavy atom. The zero-order chi connectivity index (χ0) is 14.0. The van der Waals surface area contributed by atoms with Crippen LogP contribution in [-0.4, -0.2) is 18.0 Å². The number of hydrogen-bond acceptors (Lipinski definition) is 2. The number of nitrogens with one attached hydrogen (secondary N) is 1. The molecule has 0 bridgehead atoms. The van der Waals surface area contributed by atoms with Crippen LogP contribution in [0.15, 0.2) is 18.2 Å². The molecule has 104 valence electrons. The third-order valence-corrected chi connectivity index (χ3v) is 3.98. The first-order valence-corrected chi connectivity index (χ1v) is 7.14. The van der Waals surface area contributed by atoms with Gasteiger partial charge in [-0.05, 0) is 49.3 Å². The van der Waals surface area contributed by atoms with Gasteiger partial charge in [-0.3, -0.25) is 4.79 Å². The average molecular weight is 260 g/mol. The molecule has 1 fully saturated rings. The number of rotatable bonds is 3. The monoisotopic (exact) mass is 260 g/mol. The van der Waals surface area contributed by atoms with Crippen LogP contribution in [0.3, 0.4) is 0 Å². The Hall–Kier alpha value is -1.35. The van der Waals surface area contributed by atoms with Crippen LogP contribution in [0.5, 0.6) is 0 Å². The lowest BCUT2D eigenvalue weighted by Gasteiger charge is -2.15. The molecule has 0 aliphatic heterocycles. The first-order chi connectivity index (χ1) is 8.97. The summed E-state index contributed by atoms with van der Waals surface area (Å²) in [5.41, 5.74) is 8.92. The fraction of sp³-hybridized carbons (Fsp3) is 0.562. The smallest absolute Gasteiger partial charge is 0.251 e. The number of nitrogens with two attached hydrogens (primary N) is 1. The number of amides is 1.